The molecule has 1 aromatic heterocycles. The SMILES string of the molecule is CC(C)CC(N)C(=O)N1CCCC1C(=O)NC(CCC(N)=O)C(=O)NC(Cc1c[nH]c2ccccc12)C(=O)O. The lowest BCUT2D eigenvalue weighted by Crippen LogP contribution is -2.57. The number of likely N-dealkylation sites (tertiary alicyclic amines) is 1. The van der Waals surface area contributed by atoms with Crippen molar-refractivity contribution in [2.75, 3.05) is 6.54 Å². The summed E-state index contributed by atoms with van der Waals surface area (Å²) in [5.41, 5.74) is 12.9. The summed E-state index contributed by atoms with van der Waals surface area (Å²) in [6.45, 7) is 4.27. The maximum Gasteiger partial charge on any atom is 0.326 e. The fourth-order valence-corrected chi connectivity index (χ4v) is 4.94. The summed E-state index contributed by atoms with van der Waals surface area (Å²) in [7, 11) is 0. The standard InChI is InChI=1S/C27H38N6O6/c1-15(2)12-18(28)26(37)33-11-5-8-22(33)25(36)31-20(9-10-23(29)34)24(35)32-21(27(38)39)13-16-14-30-19-7-4-3-6-17(16)19/h3-4,6-7,14-15,18,20-22,30H,5,8-13,28H2,1-2H3,(H2,29,34)(H,31,36)(H,32,35)(H,38,39). The van der Waals surface area contributed by atoms with Crippen molar-refractivity contribution in [1.29, 1.82) is 0 Å². The summed E-state index contributed by atoms with van der Waals surface area (Å²) in [4.78, 5) is 67.3. The van der Waals surface area contributed by atoms with Gasteiger partial charge in [0.1, 0.15) is 18.1 Å². The van der Waals surface area contributed by atoms with E-state index in [2.05, 4.69) is 15.6 Å². The first-order valence-electron chi connectivity index (χ1n) is 13.2. The number of carboxylic acid groups (broad SMARTS) is 1. The second-order valence-corrected chi connectivity index (χ2v) is 10.5. The van der Waals surface area contributed by atoms with Crippen molar-refractivity contribution >= 4 is 40.5 Å². The minimum Gasteiger partial charge on any atom is -0.480 e. The van der Waals surface area contributed by atoms with Crippen molar-refractivity contribution < 1.29 is 29.1 Å². The Morgan fingerprint density at radius 2 is 1.85 bits per heavy atom. The van der Waals surface area contributed by atoms with Gasteiger partial charge in [-0.2, -0.15) is 0 Å². The molecule has 0 radical (unpaired) electrons. The molecule has 1 aliphatic rings. The van der Waals surface area contributed by atoms with Crippen LogP contribution in [0.25, 0.3) is 10.9 Å². The van der Waals surface area contributed by atoms with E-state index in [1.165, 1.54) is 4.90 Å². The number of aromatic nitrogens is 1. The van der Waals surface area contributed by atoms with Gasteiger partial charge in [0, 0.05) is 36.5 Å². The summed E-state index contributed by atoms with van der Waals surface area (Å²) in [6, 6.07) is 3.31. The molecule has 1 fully saturated rings. The number of carbonyl (C=O) groups is 5. The summed E-state index contributed by atoms with van der Waals surface area (Å²) in [5, 5.41) is 15.8. The predicted molar refractivity (Wildman–Crippen MR) is 144 cm³/mol. The Morgan fingerprint density at radius 1 is 1.13 bits per heavy atom. The summed E-state index contributed by atoms with van der Waals surface area (Å²) >= 11 is 0. The molecule has 12 heteroatoms. The molecule has 212 valence electrons. The van der Waals surface area contributed by atoms with Gasteiger partial charge >= 0.3 is 5.97 Å². The zero-order valence-corrected chi connectivity index (χ0v) is 22.3. The van der Waals surface area contributed by atoms with E-state index >= 15 is 0 Å². The molecule has 2 aromatic rings. The number of hydrogen-bond acceptors (Lipinski definition) is 6. The number of rotatable bonds is 13. The van der Waals surface area contributed by atoms with E-state index in [1.54, 1.807) is 6.20 Å². The Hall–Kier alpha value is -3.93. The molecule has 39 heavy (non-hydrogen) atoms. The molecule has 4 amide bonds. The van der Waals surface area contributed by atoms with Crippen molar-refractivity contribution in [1.82, 2.24) is 20.5 Å². The minimum atomic E-state index is -1.29. The number of primary amides is 1. The van der Waals surface area contributed by atoms with E-state index in [9.17, 15) is 29.1 Å². The molecular formula is C27H38N6O6. The smallest absolute Gasteiger partial charge is 0.326 e. The van der Waals surface area contributed by atoms with Crippen LogP contribution in [-0.2, 0) is 30.4 Å². The number of aromatic amines is 1. The molecule has 0 spiro atoms. The molecule has 1 aromatic carbocycles. The third-order valence-corrected chi connectivity index (χ3v) is 6.91. The number of aliphatic carboxylic acids is 1. The van der Waals surface area contributed by atoms with E-state index in [0.717, 1.165) is 10.9 Å². The summed E-state index contributed by atoms with van der Waals surface area (Å²) < 4.78 is 0. The topological polar surface area (TPSA) is 201 Å². The number of nitrogens with zero attached hydrogens (tertiary/aromatic N) is 1. The van der Waals surface area contributed by atoms with Crippen LogP contribution in [0.1, 0.15) is 51.5 Å². The number of benzene rings is 1. The van der Waals surface area contributed by atoms with Crippen LogP contribution < -0.4 is 22.1 Å². The van der Waals surface area contributed by atoms with Gasteiger partial charge in [0.25, 0.3) is 0 Å². The fraction of sp³-hybridized carbons (Fsp3) is 0.519. The maximum absolute atomic E-state index is 13.2. The van der Waals surface area contributed by atoms with Gasteiger partial charge in [-0.15, -0.1) is 0 Å². The first-order chi connectivity index (χ1) is 18.5. The zero-order chi connectivity index (χ0) is 28.7. The Kier molecular flexibility index (Phi) is 10.0. The minimum absolute atomic E-state index is 0.000215. The third kappa shape index (κ3) is 7.79. The van der Waals surface area contributed by atoms with Crippen LogP contribution in [0.5, 0.6) is 0 Å². The van der Waals surface area contributed by atoms with Crippen LogP contribution in [0.3, 0.4) is 0 Å². The van der Waals surface area contributed by atoms with E-state index < -0.39 is 47.9 Å². The molecule has 3 rings (SSSR count). The Morgan fingerprint density at radius 3 is 2.51 bits per heavy atom. The van der Waals surface area contributed by atoms with Crippen molar-refractivity contribution in [3.8, 4) is 0 Å². The number of nitrogens with one attached hydrogen (secondary N) is 3. The van der Waals surface area contributed by atoms with Crippen LogP contribution in [0, 0.1) is 5.92 Å². The normalized spacial score (nSPS) is 17.5. The highest BCUT2D eigenvalue weighted by Gasteiger charge is 2.38. The fourth-order valence-electron chi connectivity index (χ4n) is 4.94. The highest BCUT2D eigenvalue weighted by atomic mass is 16.4. The Balaban J connectivity index is 1.72. The lowest BCUT2D eigenvalue weighted by Gasteiger charge is -2.29. The number of hydrogen-bond donors (Lipinski definition) is 6. The molecule has 12 nitrogen and oxygen atoms in total. The van der Waals surface area contributed by atoms with Gasteiger partial charge in [-0.05, 0) is 43.2 Å². The molecule has 2 heterocycles. The first kappa shape index (κ1) is 29.6. The number of carbonyl (C=O) groups excluding carboxylic acids is 4. The molecule has 4 atom stereocenters. The maximum atomic E-state index is 13.2. The van der Waals surface area contributed by atoms with Gasteiger partial charge in [0.15, 0.2) is 0 Å². The molecule has 1 aliphatic heterocycles. The average Bonchev–Trinajstić information content (AvgIpc) is 3.52. The van der Waals surface area contributed by atoms with Gasteiger partial charge in [-0.3, -0.25) is 19.2 Å². The second kappa shape index (κ2) is 13.2. The third-order valence-electron chi connectivity index (χ3n) is 6.91. The number of para-hydroxylation sites is 1. The van der Waals surface area contributed by atoms with Gasteiger partial charge in [0.2, 0.25) is 23.6 Å². The lowest BCUT2D eigenvalue weighted by atomic mass is 10.0. The largest absolute Gasteiger partial charge is 0.480 e. The molecule has 8 N–H and O–H groups in total. The molecule has 0 aliphatic carbocycles. The Labute approximate surface area is 226 Å². The molecule has 0 bridgehead atoms. The van der Waals surface area contributed by atoms with Crippen LogP contribution in [0.2, 0.25) is 0 Å². The lowest BCUT2D eigenvalue weighted by molar-refractivity contribution is -0.143. The highest BCUT2D eigenvalue weighted by Crippen LogP contribution is 2.21. The van der Waals surface area contributed by atoms with Crippen molar-refractivity contribution in [3.05, 3.63) is 36.0 Å². The van der Waals surface area contributed by atoms with E-state index in [1.807, 2.05) is 38.1 Å². The predicted octanol–water partition coefficient (Wildman–Crippen LogP) is 0.395. The van der Waals surface area contributed by atoms with Crippen LogP contribution in [0.15, 0.2) is 30.5 Å². The monoisotopic (exact) mass is 542 g/mol. The van der Waals surface area contributed by atoms with Crippen LogP contribution in [-0.4, -0.2) is 75.3 Å². The van der Waals surface area contributed by atoms with Gasteiger partial charge in [-0.1, -0.05) is 32.0 Å². The van der Waals surface area contributed by atoms with Crippen molar-refractivity contribution in [2.24, 2.45) is 17.4 Å². The second-order valence-electron chi connectivity index (χ2n) is 10.5. The van der Waals surface area contributed by atoms with E-state index in [0.29, 0.717) is 31.4 Å². The number of fused-ring (bicyclic) bond motifs is 1. The molecule has 1 saturated heterocycles. The molecule has 4 unspecified atom stereocenters. The van der Waals surface area contributed by atoms with Crippen LogP contribution >= 0.6 is 0 Å². The van der Waals surface area contributed by atoms with E-state index in [4.69, 9.17) is 11.5 Å². The first-order valence-corrected chi connectivity index (χ1v) is 13.2. The highest BCUT2D eigenvalue weighted by molar-refractivity contribution is 5.95. The number of carboxylic acids is 1. The zero-order valence-electron chi connectivity index (χ0n) is 22.3. The van der Waals surface area contributed by atoms with Crippen LogP contribution in [0.4, 0.5) is 0 Å². The number of nitrogens with two attached hydrogens (primary N) is 2. The van der Waals surface area contributed by atoms with Gasteiger partial charge in [-0.25, -0.2) is 4.79 Å². The average molecular weight is 543 g/mol. The quantitative estimate of drug-likeness (QED) is 0.210. The number of amides is 4. The summed E-state index contributed by atoms with van der Waals surface area (Å²) in [5.74, 6) is -3.38. The molecular weight excluding hydrogens is 504 g/mol. The summed E-state index contributed by atoms with van der Waals surface area (Å²) in [6.07, 6.45) is 2.83. The van der Waals surface area contributed by atoms with Gasteiger partial charge in [0.05, 0.1) is 6.04 Å². The van der Waals surface area contributed by atoms with Gasteiger partial charge < -0.3 is 37.1 Å². The van der Waals surface area contributed by atoms with E-state index in [-0.39, 0.29) is 31.1 Å². The molecule has 0 saturated carbocycles. The van der Waals surface area contributed by atoms with Crippen molar-refractivity contribution in [2.45, 2.75) is 76.5 Å². The Bertz CT molecular complexity index is 1210. The van der Waals surface area contributed by atoms with Crippen molar-refractivity contribution in [3.63, 3.8) is 0 Å². The number of H-pyrrole nitrogens is 1.